The van der Waals surface area contributed by atoms with E-state index in [1.54, 1.807) is 4.90 Å². The number of hydrogen-bond donors (Lipinski definition) is 5. The maximum atomic E-state index is 13.8. The zero-order chi connectivity index (χ0) is 31.2. The average molecular weight is 607 g/mol. The van der Waals surface area contributed by atoms with Crippen molar-refractivity contribution >= 4 is 37.5 Å². The predicted octanol–water partition coefficient (Wildman–Crippen LogP) is 2.35. The molecule has 1 aliphatic carbocycles. The summed E-state index contributed by atoms with van der Waals surface area (Å²) < 4.78 is 15.5. The molecule has 0 unspecified atom stereocenters. The van der Waals surface area contributed by atoms with E-state index in [2.05, 4.69) is 15.2 Å². The molecule has 3 rings (SSSR count). The fourth-order valence-corrected chi connectivity index (χ4v) is 5.91. The molecule has 6 N–H and O–H groups in total. The fraction of sp³-hybridized carbons (Fsp3) is 0.586. The number of primary amides is 1. The highest BCUT2D eigenvalue weighted by molar-refractivity contribution is 7.46. The normalized spacial score (nSPS) is 21.2. The molecule has 1 saturated heterocycles. The number of fused-ring (bicyclic) bond motifs is 1. The minimum absolute atomic E-state index is 0.0156. The Morgan fingerprint density at radius 3 is 2.29 bits per heavy atom. The Bertz CT molecular complexity index is 1210. The number of nitrogens with two attached hydrogens (primary N) is 1. The number of hydrogen-bond acceptors (Lipinski definition) is 6. The van der Waals surface area contributed by atoms with Crippen molar-refractivity contribution in [3.8, 4) is 5.75 Å². The second-order valence-corrected chi connectivity index (χ2v) is 13.3. The van der Waals surface area contributed by atoms with Crippen molar-refractivity contribution in [2.45, 2.75) is 77.9 Å². The van der Waals surface area contributed by atoms with E-state index in [9.17, 15) is 23.7 Å². The number of nitrogens with one attached hydrogen (secondary N) is 2. The van der Waals surface area contributed by atoms with Crippen LogP contribution in [0, 0.1) is 23.7 Å². The molecular formula is C29H43N4O8P. The minimum atomic E-state index is -4.67. The van der Waals surface area contributed by atoms with Gasteiger partial charge in [0.1, 0.15) is 17.8 Å². The first-order chi connectivity index (χ1) is 19.6. The van der Waals surface area contributed by atoms with Crippen LogP contribution in [0.15, 0.2) is 30.3 Å². The zero-order valence-electron chi connectivity index (χ0n) is 24.6. The highest BCUT2D eigenvalue weighted by atomic mass is 31.2. The summed E-state index contributed by atoms with van der Waals surface area (Å²) in [7, 11) is -4.67. The van der Waals surface area contributed by atoms with E-state index >= 15 is 0 Å². The molecule has 1 saturated carbocycles. The van der Waals surface area contributed by atoms with E-state index in [1.165, 1.54) is 36.4 Å². The Morgan fingerprint density at radius 1 is 1.07 bits per heavy atom. The van der Waals surface area contributed by atoms with Gasteiger partial charge in [0.2, 0.25) is 23.6 Å². The Hall–Kier alpha value is -3.21. The van der Waals surface area contributed by atoms with Crippen LogP contribution in [-0.2, 0) is 23.7 Å². The van der Waals surface area contributed by atoms with E-state index in [-0.39, 0.29) is 47.8 Å². The molecule has 13 heteroatoms. The lowest BCUT2D eigenvalue weighted by atomic mass is 9.98. The predicted molar refractivity (Wildman–Crippen MR) is 156 cm³/mol. The molecule has 0 bridgehead atoms. The number of carbonyl (C=O) groups excluding carboxylic acids is 4. The first-order valence-electron chi connectivity index (χ1n) is 14.4. The van der Waals surface area contributed by atoms with Gasteiger partial charge in [0, 0.05) is 25.1 Å². The number of rotatable bonds is 15. The van der Waals surface area contributed by atoms with Crippen molar-refractivity contribution in [1.29, 1.82) is 0 Å². The van der Waals surface area contributed by atoms with E-state index in [0.717, 1.165) is 6.42 Å². The summed E-state index contributed by atoms with van der Waals surface area (Å²) in [6.07, 6.45) is 5.34. The Labute approximate surface area is 246 Å². The molecular weight excluding hydrogens is 563 g/mol. The molecule has 0 radical (unpaired) electrons. The van der Waals surface area contributed by atoms with Gasteiger partial charge in [0.05, 0.1) is 0 Å². The van der Waals surface area contributed by atoms with Gasteiger partial charge >= 0.3 is 7.82 Å². The first kappa shape index (κ1) is 33.3. The molecule has 2 aliphatic rings. The third-order valence-electron chi connectivity index (χ3n) is 7.40. The van der Waals surface area contributed by atoms with E-state index < -0.39 is 31.7 Å². The maximum Gasteiger partial charge on any atom is 0.524 e. The fourth-order valence-electron chi connectivity index (χ4n) is 5.51. The molecule has 1 heterocycles. The van der Waals surface area contributed by atoms with Crippen LogP contribution in [0.3, 0.4) is 0 Å². The van der Waals surface area contributed by atoms with Crippen molar-refractivity contribution in [3.05, 3.63) is 35.9 Å². The zero-order valence-corrected chi connectivity index (χ0v) is 25.5. The quantitative estimate of drug-likeness (QED) is 0.149. The maximum absolute atomic E-state index is 13.8. The summed E-state index contributed by atoms with van der Waals surface area (Å²) in [5, 5.41) is 5.87. The molecule has 1 aromatic rings. The molecule has 0 spiro atoms. The van der Waals surface area contributed by atoms with Gasteiger partial charge in [-0.3, -0.25) is 29.0 Å². The van der Waals surface area contributed by atoms with E-state index in [0.29, 0.717) is 37.3 Å². The number of carbonyl (C=O) groups is 4. The second kappa shape index (κ2) is 14.3. The summed E-state index contributed by atoms with van der Waals surface area (Å²) in [5.41, 5.74) is 5.92. The van der Waals surface area contributed by atoms with Crippen molar-refractivity contribution in [2.75, 3.05) is 6.54 Å². The van der Waals surface area contributed by atoms with Crippen LogP contribution in [0.5, 0.6) is 5.75 Å². The molecule has 12 nitrogen and oxygen atoms in total. The van der Waals surface area contributed by atoms with Crippen LogP contribution in [0.2, 0.25) is 0 Å². The Kier molecular flexibility index (Phi) is 11.3. The number of phosphoric acid groups is 1. The molecule has 1 aliphatic heterocycles. The van der Waals surface area contributed by atoms with Gasteiger partial charge in [-0.2, -0.15) is 0 Å². The largest absolute Gasteiger partial charge is 0.524 e. The summed E-state index contributed by atoms with van der Waals surface area (Å²) in [5.74, 6) is -0.731. The Morgan fingerprint density at radius 2 is 1.71 bits per heavy atom. The monoisotopic (exact) mass is 606 g/mol. The smallest absolute Gasteiger partial charge is 0.404 e. The standard InChI is InChI=1S/C29H43N4O8P/c1-17(2)13-21(8-11-25(30)34)31-28(36)27-23-15-20(23)16-33(27)29(37)24(14-18(3)4)32-26(35)12-7-19-5-9-22(10-6-19)41-42(38,39)40/h5-7,9-10,12,17-18,20-21,23-24,27H,8,11,13-16H2,1-4H3,(H2,30,34)(H,31,36)(H,32,35)(H2,38,39,40)/b12-7+/t20-,21+,23-,24+,27+/m1/s1. The number of amides is 4. The number of likely N-dealkylation sites (tertiary alicyclic amines) is 1. The molecule has 4 amide bonds. The van der Waals surface area contributed by atoms with Gasteiger partial charge in [0.25, 0.3) is 0 Å². The lowest BCUT2D eigenvalue weighted by Gasteiger charge is -2.32. The SMILES string of the molecule is CC(C)C[C@H](CCC(N)=O)NC(=O)[C@@H]1[C@@H]2C[C@@H]2CN1C(=O)[C@H](CC(C)C)NC(=O)/C=C/c1ccc(OP(=O)(O)O)cc1. The second-order valence-electron chi connectivity index (χ2n) is 12.1. The van der Waals surface area contributed by atoms with Gasteiger partial charge in [-0.05, 0) is 73.1 Å². The van der Waals surface area contributed by atoms with Crippen LogP contribution in [0.4, 0.5) is 0 Å². The van der Waals surface area contributed by atoms with Crippen LogP contribution < -0.4 is 20.9 Å². The highest BCUT2D eigenvalue weighted by Gasteiger charge is 2.57. The van der Waals surface area contributed by atoms with Crippen molar-refractivity contribution in [1.82, 2.24) is 15.5 Å². The van der Waals surface area contributed by atoms with Gasteiger partial charge in [-0.1, -0.05) is 39.8 Å². The molecule has 42 heavy (non-hydrogen) atoms. The minimum Gasteiger partial charge on any atom is -0.404 e. The van der Waals surface area contributed by atoms with Crippen LogP contribution in [-0.4, -0.2) is 63.0 Å². The first-order valence-corrected chi connectivity index (χ1v) is 15.9. The van der Waals surface area contributed by atoms with Crippen LogP contribution in [0.1, 0.15) is 65.4 Å². The van der Waals surface area contributed by atoms with Gasteiger partial charge < -0.3 is 25.8 Å². The molecule has 2 fully saturated rings. The molecule has 232 valence electrons. The van der Waals surface area contributed by atoms with Gasteiger partial charge in [0.15, 0.2) is 0 Å². The number of benzene rings is 1. The third kappa shape index (κ3) is 10.3. The van der Waals surface area contributed by atoms with Crippen molar-refractivity contribution in [3.63, 3.8) is 0 Å². The van der Waals surface area contributed by atoms with Gasteiger partial charge in [-0.25, -0.2) is 4.57 Å². The number of nitrogens with zero attached hydrogens (tertiary/aromatic N) is 1. The number of phosphoric ester groups is 1. The van der Waals surface area contributed by atoms with Gasteiger partial charge in [-0.15, -0.1) is 0 Å². The third-order valence-corrected chi connectivity index (χ3v) is 7.84. The topological polar surface area (TPSA) is 188 Å². The number of piperidine rings is 1. The summed E-state index contributed by atoms with van der Waals surface area (Å²) in [4.78, 5) is 70.9. The summed E-state index contributed by atoms with van der Waals surface area (Å²) >= 11 is 0. The lowest BCUT2D eigenvalue weighted by molar-refractivity contribution is -0.142. The molecule has 0 aromatic heterocycles. The summed E-state index contributed by atoms with van der Waals surface area (Å²) in [6.45, 7) is 8.43. The van der Waals surface area contributed by atoms with E-state index in [1.807, 2.05) is 27.7 Å². The highest BCUT2D eigenvalue weighted by Crippen LogP contribution is 2.50. The Balaban J connectivity index is 1.68. The van der Waals surface area contributed by atoms with E-state index in [4.69, 9.17) is 15.5 Å². The lowest BCUT2D eigenvalue weighted by Crippen LogP contribution is -2.56. The van der Waals surface area contributed by atoms with Crippen molar-refractivity contribution in [2.24, 2.45) is 29.4 Å². The van der Waals surface area contributed by atoms with Crippen LogP contribution >= 0.6 is 7.82 Å². The summed E-state index contributed by atoms with van der Waals surface area (Å²) in [6, 6.07) is 4.12. The van der Waals surface area contributed by atoms with Crippen molar-refractivity contribution < 1.29 is 38.1 Å². The molecule has 1 aromatic carbocycles. The average Bonchev–Trinajstić information content (AvgIpc) is 3.53. The van der Waals surface area contributed by atoms with Crippen LogP contribution in [0.25, 0.3) is 6.08 Å². The molecule has 5 atom stereocenters.